The molecule has 3 heteroatoms. The molecule has 0 amide bonds. The fraction of sp³-hybridized carbons (Fsp3) is 1.00. The van der Waals surface area contributed by atoms with Gasteiger partial charge < -0.3 is 0 Å². The van der Waals surface area contributed by atoms with Gasteiger partial charge in [0.05, 0.1) is 3.55 Å². The zero-order valence-electron chi connectivity index (χ0n) is 9.61. The smallest absolute Gasteiger partial charge is 0.0673 e. The quantitative estimate of drug-likeness (QED) is 0.369. The Balaban J connectivity index is 2.61. The van der Waals surface area contributed by atoms with Crippen LogP contribution in [0.5, 0.6) is 0 Å². The maximum atomic E-state index is 2.63. The van der Waals surface area contributed by atoms with E-state index in [0.717, 1.165) is 5.92 Å². The van der Waals surface area contributed by atoms with Crippen molar-refractivity contribution in [3.05, 3.63) is 0 Å². The second-order valence-electron chi connectivity index (χ2n) is 5.26. The molecular formula is C11H21I2N. The van der Waals surface area contributed by atoms with Crippen molar-refractivity contribution in [3.63, 3.8) is 0 Å². The number of hydrogen-bond acceptors (Lipinski definition) is 1. The third-order valence-corrected chi connectivity index (χ3v) is 4.71. The summed E-state index contributed by atoms with van der Waals surface area (Å²) in [7, 11) is 0. The minimum atomic E-state index is 0.318. The largest absolute Gasteiger partial charge is 0.289 e. The summed E-state index contributed by atoms with van der Waals surface area (Å²) in [6.07, 6.45) is 2.77. The summed E-state index contributed by atoms with van der Waals surface area (Å²) < 4.78 is 0.761. The lowest BCUT2D eigenvalue weighted by molar-refractivity contribution is 0.120. The molecule has 1 heterocycles. The van der Waals surface area contributed by atoms with E-state index in [-0.39, 0.29) is 0 Å². The fourth-order valence-corrected chi connectivity index (χ4v) is 2.97. The molecule has 1 saturated heterocycles. The molecule has 1 atom stereocenters. The molecule has 0 aromatic heterocycles. The first kappa shape index (κ1) is 13.5. The lowest BCUT2D eigenvalue weighted by Crippen LogP contribution is -2.48. The molecule has 1 nitrogen and oxygen atoms in total. The van der Waals surface area contributed by atoms with Crippen molar-refractivity contribution in [2.75, 3.05) is 13.1 Å². The van der Waals surface area contributed by atoms with Gasteiger partial charge in [-0.25, -0.2) is 0 Å². The summed E-state index contributed by atoms with van der Waals surface area (Å²) in [5, 5.41) is 0. The first-order chi connectivity index (χ1) is 6.21. The van der Waals surface area contributed by atoms with Gasteiger partial charge in [0.25, 0.3) is 0 Å². The van der Waals surface area contributed by atoms with Crippen LogP contribution in [0.25, 0.3) is 0 Å². The third-order valence-electron chi connectivity index (χ3n) is 3.14. The molecule has 0 aliphatic carbocycles. The van der Waals surface area contributed by atoms with E-state index in [4.69, 9.17) is 0 Å². The van der Waals surface area contributed by atoms with Gasteiger partial charge in [-0.3, -0.25) is 4.90 Å². The lowest BCUT2D eigenvalue weighted by atomic mass is 9.87. The van der Waals surface area contributed by atoms with Gasteiger partial charge in [0.1, 0.15) is 0 Å². The monoisotopic (exact) mass is 421 g/mol. The molecule has 1 unspecified atom stereocenters. The molecule has 0 N–H and O–H groups in total. The van der Waals surface area contributed by atoms with E-state index in [1.165, 1.54) is 25.9 Å². The number of halogens is 2. The molecular weight excluding hydrogens is 400 g/mol. The van der Waals surface area contributed by atoms with Crippen LogP contribution in [0.3, 0.4) is 0 Å². The molecule has 84 valence electrons. The van der Waals surface area contributed by atoms with Crippen molar-refractivity contribution < 1.29 is 0 Å². The molecule has 1 rings (SSSR count). The fourth-order valence-electron chi connectivity index (χ4n) is 2.02. The van der Waals surface area contributed by atoms with Crippen LogP contribution in [0.1, 0.15) is 40.5 Å². The Labute approximate surface area is 116 Å². The van der Waals surface area contributed by atoms with Gasteiger partial charge >= 0.3 is 0 Å². The Morgan fingerprint density at radius 2 is 1.71 bits per heavy atom. The van der Waals surface area contributed by atoms with Gasteiger partial charge in [-0.15, -0.1) is 0 Å². The molecule has 0 spiro atoms. The summed E-state index contributed by atoms with van der Waals surface area (Å²) >= 11 is 5.16. The standard InChI is InChI=1S/C11H21I2N/c1-10(2,12)9-6-5-7-14(8-9)11(3,4)13/h9H,5-8H2,1-4H3. The second-order valence-corrected chi connectivity index (χ2v) is 10.7. The first-order valence-corrected chi connectivity index (χ1v) is 7.50. The van der Waals surface area contributed by atoms with E-state index in [0.29, 0.717) is 6.97 Å². The minimum absolute atomic E-state index is 0.318. The van der Waals surface area contributed by atoms with Crippen LogP contribution in [0, 0.1) is 5.92 Å². The molecule has 1 fully saturated rings. The van der Waals surface area contributed by atoms with Gasteiger partial charge in [0.15, 0.2) is 0 Å². The van der Waals surface area contributed by atoms with Crippen molar-refractivity contribution in [2.45, 2.75) is 47.5 Å². The molecule has 0 aromatic rings. The summed E-state index contributed by atoms with van der Waals surface area (Å²) in [4.78, 5) is 2.63. The normalized spacial score (nSPS) is 26.6. The van der Waals surface area contributed by atoms with E-state index in [9.17, 15) is 0 Å². The average molecular weight is 421 g/mol. The Morgan fingerprint density at radius 1 is 1.14 bits per heavy atom. The number of rotatable bonds is 2. The van der Waals surface area contributed by atoms with Crippen molar-refractivity contribution in [3.8, 4) is 0 Å². The summed E-state index contributed by atoms with van der Waals surface area (Å²) in [6.45, 7) is 11.9. The summed E-state index contributed by atoms with van der Waals surface area (Å²) in [6, 6.07) is 0. The predicted octanol–water partition coefficient (Wildman–Crippen LogP) is 4.08. The van der Waals surface area contributed by atoms with E-state index < -0.39 is 0 Å². The van der Waals surface area contributed by atoms with Gasteiger partial charge in [-0.05, 0) is 39.2 Å². The summed E-state index contributed by atoms with van der Waals surface area (Å²) in [5.41, 5.74) is 0. The highest BCUT2D eigenvalue weighted by atomic mass is 127. The number of nitrogens with zero attached hydrogens (tertiary/aromatic N) is 1. The van der Waals surface area contributed by atoms with Crippen molar-refractivity contribution in [1.82, 2.24) is 4.90 Å². The van der Waals surface area contributed by atoms with Crippen LogP contribution in [-0.2, 0) is 0 Å². The van der Waals surface area contributed by atoms with Gasteiger partial charge in [-0.1, -0.05) is 59.0 Å². The SMILES string of the molecule is CC(C)(I)C1CCCN(C(C)(C)I)C1. The molecule has 14 heavy (non-hydrogen) atoms. The average Bonchev–Trinajstić information content (AvgIpc) is 2.01. The number of alkyl halides is 2. The highest BCUT2D eigenvalue weighted by Gasteiger charge is 2.35. The lowest BCUT2D eigenvalue weighted by Gasteiger charge is -2.43. The molecule has 0 bridgehead atoms. The Bertz CT molecular complexity index is 170. The van der Waals surface area contributed by atoms with Gasteiger partial charge in [0, 0.05) is 9.97 Å². The number of piperidine rings is 1. The molecule has 1 aliphatic heterocycles. The predicted molar refractivity (Wildman–Crippen MR) is 80.5 cm³/mol. The second kappa shape index (κ2) is 4.73. The van der Waals surface area contributed by atoms with Crippen molar-refractivity contribution in [2.24, 2.45) is 5.92 Å². The van der Waals surface area contributed by atoms with Crippen LogP contribution in [0.4, 0.5) is 0 Å². The minimum Gasteiger partial charge on any atom is -0.289 e. The Hall–Kier alpha value is 1.42. The molecule has 0 saturated carbocycles. The van der Waals surface area contributed by atoms with Crippen LogP contribution in [0.15, 0.2) is 0 Å². The maximum Gasteiger partial charge on any atom is 0.0673 e. The van der Waals surface area contributed by atoms with Gasteiger partial charge in [0.2, 0.25) is 0 Å². The van der Waals surface area contributed by atoms with Crippen molar-refractivity contribution >= 4 is 45.2 Å². The first-order valence-electron chi connectivity index (χ1n) is 5.34. The van der Waals surface area contributed by atoms with E-state index in [1.807, 2.05) is 0 Å². The zero-order valence-corrected chi connectivity index (χ0v) is 13.9. The molecule has 1 aliphatic rings. The van der Waals surface area contributed by atoms with Crippen LogP contribution in [-0.4, -0.2) is 25.0 Å². The topological polar surface area (TPSA) is 3.24 Å². The third kappa shape index (κ3) is 3.77. The van der Waals surface area contributed by atoms with Crippen LogP contribution >= 0.6 is 45.2 Å². The van der Waals surface area contributed by atoms with Crippen LogP contribution in [0.2, 0.25) is 0 Å². The zero-order chi connectivity index (χ0) is 11.0. The molecule has 0 aromatic carbocycles. The van der Waals surface area contributed by atoms with E-state index >= 15 is 0 Å². The number of likely N-dealkylation sites (tertiary alicyclic amines) is 1. The maximum absolute atomic E-state index is 2.63. The van der Waals surface area contributed by atoms with Crippen LogP contribution < -0.4 is 0 Å². The number of hydrogen-bond donors (Lipinski definition) is 0. The Kier molecular flexibility index (Phi) is 4.56. The summed E-state index contributed by atoms with van der Waals surface area (Å²) in [5.74, 6) is 0.853. The van der Waals surface area contributed by atoms with Gasteiger partial charge in [-0.2, -0.15) is 0 Å². The highest BCUT2D eigenvalue weighted by Crippen LogP contribution is 2.37. The highest BCUT2D eigenvalue weighted by molar-refractivity contribution is 14.1. The Morgan fingerprint density at radius 3 is 2.14 bits per heavy atom. The van der Waals surface area contributed by atoms with E-state index in [1.54, 1.807) is 0 Å². The van der Waals surface area contributed by atoms with E-state index in [2.05, 4.69) is 77.8 Å². The van der Waals surface area contributed by atoms with Crippen molar-refractivity contribution in [1.29, 1.82) is 0 Å². The molecule has 0 radical (unpaired) electrons.